The highest BCUT2D eigenvalue weighted by Crippen LogP contribution is 2.36. The minimum atomic E-state index is -0.144. The molecular weight excluding hydrogens is 368 g/mol. The van der Waals surface area contributed by atoms with E-state index >= 15 is 0 Å². The van der Waals surface area contributed by atoms with E-state index in [0.29, 0.717) is 28.4 Å². The van der Waals surface area contributed by atoms with Crippen molar-refractivity contribution in [3.63, 3.8) is 0 Å². The molecule has 1 heterocycles. The number of nitrogens with one attached hydrogen (secondary N) is 1. The van der Waals surface area contributed by atoms with Crippen LogP contribution in [-0.4, -0.2) is 25.1 Å². The van der Waals surface area contributed by atoms with E-state index in [9.17, 15) is 10.1 Å². The Morgan fingerprint density at radius 3 is 2.28 bits per heavy atom. The summed E-state index contributed by atoms with van der Waals surface area (Å²) in [6.07, 6.45) is 0. The summed E-state index contributed by atoms with van der Waals surface area (Å²) in [6, 6.07) is 16.6. The number of nitriles is 1. The fourth-order valence-electron chi connectivity index (χ4n) is 2.99. The molecule has 0 radical (unpaired) electrons. The number of amides is 1. The van der Waals surface area contributed by atoms with Crippen LogP contribution in [0.3, 0.4) is 0 Å². The number of nitrogens with two attached hydrogens (primary N) is 1. The molecule has 0 saturated heterocycles. The fraction of sp³-hybridized carbons (Fsp3) is 0.136. The molecule has 0 aliphatic heterocycles. The van der Waals surface area contributed by atoms with Crippen molar-refractivity contribution in [3.8, 4) is 40.0 Å². The third-order valence-corrected chi connectivity index (χ3v) is 4.35. The van der Waals surface area contributed by atoms with E-state index in [-0.39, 0.29) is 17.3 Å². The molecule has 146 valence electrons. The number of hydrogen-bond donors (Lipinski definition) is 2. The lowest BCUT2D eigenvalue weighted by molar-refractivity contribution is -0.114. The summed E-state index contributed by atoms with van der Waals surface area (Å²) in [7, 11) is 3.11. The molecule has 0 unspecified atom stereocenters. The van der Waals surface area contributed by atoms with E-state index in [2.05, 4.69) is 16.4 Å². The predicted molar refractivity (Wildman–Crippen MR) is 112 cm³/mol. The Balaban J connectivity index is 2.10. The van der Waals surface area contributed by atoms with E-state index in [1.54, 1.807) is 38.5 Å². The van der Waals surface area contributed by atoms with E-state index in [4.69, 9.17) is 15.2 Å². The lowest BCUT2D eigenvalue weighted by Crippen LogP contribution is -2.05. The van der Waals surface area contributed by atoms with Crippen LogP contribution in [0.5, 0.6) is 11.5 Å². The molecule has 2 aromatic carbocycles. The number of aromatic nitrogens is 1. The van der Waals surface area contributed by atoms with Crippen molar-refractivity contribution in [1.82, 2.24) is 4.98 Å². The molecule has 7 nitrogen and oxygen atoms in total. The summed E-state index contributed by atoms with van der Waals surface area (Å²) in [6.45, 7) is 1.45. The Bertz CT molecular complexity index is 1100. The zero-order chi connectivity index (χ0) is 21.0. The third kappa shape index (κ3) is 4.12. The van der Waals surface area contributed by atoms with Gasteiger partial charge in [0.05, 0.1) is 19.9 Å². The van der Waals surface area contributed by atoms with Crippen molar-refractivity contribution >= 4 is 17.4 Å². The number of pyridine rings is 1. The summed E-state index contributed by atoms with van der Waals surface area (Å²) in [5.74, 6) is 1.13. The number of ether oxygens (including phenoxy) is 2. The zero-order valence-electron chi connectivity index (χ0n) is 16.3. The molecule has 0 fully saturated rings. The smallest absolute Gasteiger partial charge is 0.221 e. The van der Waals surface area contributed by atoms with Crippen molar-refractivity contribution in [2.45, 2.75) is 6.92 Å². The third-order valence-electron chi connectivity index (χ3n) is 4.35. The van der Waals surface area contributed by atoms with E-state index in [1.807, 2.05) is 24.3 Å². The SMILES string of the molecule is COc1ccc(-c2cc(-c3ccc(NC(C)=O)cc3)nc(N)c2C#N)cc1OC. The second-order valence-corrected chi connectivity index (χ2v) is 6.26. The molecule has 0 spiro atoms. The van der Waals surface area contributed by atoms with Gasteiger partial charge in [0, 0.05) is 23.7 Å². The number of anilines is 2. The summed E-state index contributed by atoms with van der Waals surface area (Å²) < 4.78 is 10.7. The van der Waals surface area contributed by atoms with Crippen LogP contribution < -0.4 is 20.5 Å². The molecule has 3 N–H and O–H groups in total. The molecule has 0 saturated carbocycles. The van der Waals surface area contributed by atoms with Crippen LogP contribution in [0, 0.1) is 11.3 Å². The zero-order valence-corrected chi connectivity index (χ0v) is 16.3. The highest BCUT2D eigenvalue weighted by Gasteiger charge is 2.15. The van der Waals surface area contributed by atoms with E-state index < -0.39 is 0 Å². The van der Waals surface area contributed by atoms with Crippen LogP contribution in [-0.2, 0) is 4.79 Å². The van der Waals surface area contributed by atoms with Gasteiger partial charge in [-0.2, -0.15) is 5.26 Å². The van der Waals surface area contributed by atoms with Gasteiger partial charge in [-0.25, -0.2) is 4.98 Å². The van der Waals surface area contributed by atoms with Crippen LogP contribution in [0.25, 0.3) is 22.4 Å². The Labute approximate surface area is 168 Å². The largest absolute Gasteiger partial charge is 0.493 e. The lowest BCUT2D eigenvalue weighted by Gasteiger charge is -2.13. The molecule has 0 aliphatic carbocycles. The maximum Gasteiger partial charge on any atom is 0.221 e. The van der Waals surface area contributed by atoms with Gasteiger partial charge in [-0.05, 0) is 35.9 Å². The number of carbonyl (C=O) groups is 1. The van der Waals surface area contributed by atoms with Crippen molar-refractivity contribution in [3.05, 3.63) is 54.1 Å². The molecular formula is C22H20N4O3. The molecule has 7 heteroatoms. The molecule has 3 rings (SSSR count). The van der Waals surface area contributed by atoms with Gasteiger partial charge in [-0.3, -0.25) is 4.79 Å². The van der Waals surface area contributed by atoms with Crippen LogP contribution >= 0.6 is 0 Å². The van der Waals surface area contributed by atoms with Crippen LogP contribution in [0.1, 0.15) is 12.5 Å². The quantitative estimate of drug-likeness (QED) is 0.687. The molecule has 1 amide bonds. The number of hydrogen-bond acceptors (Lipinski definition) is 6. The minimum absolute atomic E-state index is 0.140. The van der Waals surface area contributed by atoms with Crippen molar-refractivity contribution in [2.75, 3.05) is 25.3 Å². The highest BCUT2D eigenvalue weighted by atomic mass is 16.5. The first-order chi connectivity index (χ1) is 14.0. The number of benzene rings is 2. The van der Waals surface area contributed by atoms with Crippen molar-refractivity contribution in [2.24, 2.45) is 0 Å². The molecule has 29 heavy (non-hydrogen) atoms. The molecule has 3 aromatic rings. The van der Waals surface area contributed by atoms with Crippen LogP contribution in [0.2, 0.25) is 0 Å². The maximum absolute atomic E-state index is 11.2. The van der Waals surface area contributed by atoms with Gasteiger partial charge in [0.2, 0.25) is 5.91 Å². The summed E-state index contributed by atoms with van der Waals surface area (Å²) in [5, 5.41) is 12.3. The minimum Gasteiger partial charge on any atom is -0.493 e. The summed E-state index contributed by atoms with van der Waals surface area (Å²) in [5.41, 5.74) is 9.86. The van der Waals surface area contributed by atoms with Crippen molar-refractivity contribution in [1.29, 1.82) is 5.26 Å². The van der Waals surface area contributed by atoms with Gasteiger partial charge < -0.3 is 20.5 Å². The second kappa shape index (κ2) is 8.31. The van der Waals surface area contributed by atoms with Gasteiger partial charge >= 0.3 is 0 Å². The second-order valence-electron chi connectivity index (χ2n) is 6.26. The van der Waals surface area contributed by atoms with Gasteiger partial charge in [0.1, 0.15) is 17.5 Å². The Morgan fingerprint density at radius 1 is 1.03 bits per heavy atom. The van der Waals surface area contributed by atoms with Gasteiger partial charge in [0.15, 0.2) is 11.5 Å². The van der Waals surface area contributed by atoms with E-state index in [0.717, 1.165) is 11.1 Å². The van der Waals surface area contributed by atoms with E-state index in [1.165, 1.54) is 6.92 Å². The Kier molecular flexibility index (Phi) is 5.65. The number of methoxy groups -OCH3 is 2. The molecule has 0 atom stereocenters. The average Bonchev–Trinajstić information content (AvgIpc) is 2.72. The molecule has 0 bridgehead atoms. The number of nitrogen functional groups attached to an aromatic ring is 1. The topological polar surface area (TPSA) is 110 Å². The standard InChI is InChI=1S/C22H20N4O3/c1-13(27)25-16-7-4-14(5-8-16)19-11-17(18(12-23)22(24)26-19)15-6-9-20(28-2)21(10-15)29-3/h4-11H,1-3H3,(H2,24,26)(H,25,27). The molecule has 1 aromatic heterocycles. The first-order valence-electron chi connectivity index (χ1n) is 8.78. The van der Waals surface area contributed by atoms with Gasteiger partial charge in [-0.15, -0.1) is 0 Å². The first-order valence-corrected chi connectivity index (χ1v) is 8.78. The molecule has 0 aliphatic rings. The Morgan fingerprint density at radius 2 is 1.69 bits per heavy atom. The number of nitrogens with zero attached hydrogens (tertiary/aromatic N) is 2. The normalized spacial score (nSPS) is 10.1. The fourth-order valence-corrected chi connectivity index (χ4v) is 2.99. The highest BCUT2D eigenvalue weighted by molar-refractivity contribution is 5.89. The number of carbonyl (C=O) groups excluding carboxylic acids is 1. The van der Waals surface area contributed by atoms with Gasteiger partial charge in [0.25, 0.3) is 0 Å². The Hall–Kier alpha value is -4.05. The summed E-state index contributed by atoms with van der Waals surface area (Å²) >= 11 is 0. The van der Waals surface area contributed by atoms with Crippen LogP contribution in [0.4, 0.5) is 11.5 Å². The average molecular weight is 388 g/mol. The summed E-state index contributed by atoms with van der Waals surface area (Å²) in [4.78, 5) is 15.6. The predicted octanol–water partition coefficient (Wildman–Crippen LogP) is 3.85. The number of rotatable bonds is 5. The maximum atomic E-state index is 11.2. The first kappa shape index (κ1) is 19.7. The van der Waals surface area contributed by atoms with Crippen molar-refractivity contribution < 1.29 is 14.3 Å². The lowest BCUT2D eigenvalue weighted by atomic mass is 9.98. The van der Waals surface area contributed by atoms with Crippen LogP contribution in [0.15, 0.2) is 48.5 Å². The monoisotopic (exact) mass is 388 g/mol. The van der Waals surface area contributed by atoms with Gasteiger partial charge in [-0.1, -0.05) is 18.2 Å².